The fourth-order valence-corrected chi connectivity index (χ4v) is 2.88. The third-order valence-electron chi connectivity index (χ3n) is 3.18. The number of nitrogens with two attached hydrogens (primary N) is 1. The Bertz CT molecular complexity index is 510. The van der Waals surface area contributed by atoms with E-state index >= 15 is 0 Å². The van der Waals surface area contributed by atoms with Gasteiger partial charge in [0, 0.05) is 11.3 Å². The molecule has 2 aromatic rings. The fourth-order valence-electron chi connectivity index (χ4n) is 2.03. The molecule has 0 saturated heterocycles. The van der Waals surface area contributed by atoms with Gasteiger partial charge in [-0.2, -0.15) is 0 Å². The average molecular weight is 290 g/mol. The average Bonchev–Trinajstić information content (AvgIpc) is 2.85. The van der Waals surface area contributed by atoms with E-state index in [4.69, 9.17) is 5.84 Å². The minimum absolute atomic E-state index is 0.721. The lowest BCUT2D eigenvalue weighted by molar-refractivity contribution is 0.659. The first-order valence-electron chi connectivity index (χ1n) is 7.21. The molecule has 0 radical (unpaired) electrons. The van der Waals surface area contributed by atoms with Crippen LogP contribution in [0.2, 0.25) is 0 Å². The summed E-state index contributed by atoms with van der Waals surface area (Å²) in [5.41, 5.74) is 0.997. The van der Waals surface area contributed by atoms with Crippen LogP contribution in [0.15, 0.2) is 35.5 Å². The number of aromatic nitrogens is 3. The molecule has 0 saturated carbocycles. The molecule has 4 nitrogen and oxygen atoms in total. The molecule has 0 atom stereocenters. The highest BCUT2D eigenvalue weighted by Gasteiger charge is 2.11. The molecule has 1 heterocycles. The summed E-state index contributed by atoms with van der Waals surface area (Å²) in [6, 6.07) is 9.92. The zero-order valence-electron chi connectivity index (χ0n) is 12.0. The summed E-state index contributed by atoms with van der Waals surface area (Å²) in [6.45, 7) is 2.23. The van der Waals surface area contributed by atoms with E-state index in [0.29, 0.717) is 0 Å². The van der Waals surface area contributed by atoms with Crippen molar-refractivity contribution in [3.8, 4) is 11.4 Å². The molecule has 0 aliphatic carbocycles. The fraction of sp³-hybridized carbons (Fsp3) is 0.467. The highest BCUT2D eigenvalue weighted by Crippen LogP contribution is 2.22. The van der Waals surface area contributed by atoms with E-state index < -0.39 is 0 Å². The van der Waals surface area contributed by atoms with Crippen LogP contribution in [0.3, 0.4) is 0 Å². The van der Waals surface area contributed by atoms with E-state index in [9.17, 15) is 0 Å². The molecular formula is C15H22N4S. The van der Waals surface area contributed by atoms with E-state index in [1.165, 1.54) is 32.1 Å². The van der Waals surface area contributed by atoms with Crippen molar-refractivity contribution in [1.29, 1.82) is 0 Å². The van der Waals surface area contributed by atoms with Crippen LogP contribution in [0.1, 0.15) is 39.0 Å². The van der Waals surface area contributed by atoms with Crippen LogP contribution >= 0.6 is 11.8 Å². The number of nitrogens with zero attached hydrogens (tertiary/aromatic N) is 3. The Morgan fingerprint density at radius 3 is 2.55 bits per heavy atom. The molecule has 20 heavy (non-hydrogen) atoms. The Morgan fingerprint density at radius 1 is 1.05 bits per heavy atom. The molecule has 2 rings (SSSR count). The van der Waals surface area contributed by atoms with Gasteiger partial charge in [0.2, 0.25) is 5.16 Å². The van der Waals surface area contributed by atoms with E-state index in [0.717, 1.165) is 22.3 Å². The Labute approximate surface area is 124 Å². The van der Waals surface area contributed by atoms with Crippen LogP contribution in [0.4, 0.5) is 0 Å². The van der Waals surface area contributed by atoms with Gasteiger partial charge in [-0.1, -0.05) is 74.7 Å². The number of hydrogen-bond acceptors (Lipinski definition) is 4. The monoisotopic (exact) mass is 290 g/mol. The smallest absolute Gasteiger partial charge is 0.210 e. The number of hydrogen-bond donors (Lipinski definition) is 1. The Kier molecular flexibility index (Phi) is 5.92. The summed E-state index contributed by atoms with van der Waals surface area (Å²) in [7, 11) is 0. The SMILES string of the molecule is CCCCCCCSc1nnc(-c2ccccc2)n1N. The first-order valence-corrected chi connectivity index (χ1v) is 8.20. The lowest BCUT2D eigenvalue weighted by atomic mass is 10.2. The third kappa shape index (κ3) is 4.00. The second-order valence-corrected chi connectivity index (χ2v) is 5.87. The van der Waals surface area contributed by atoms with Gasteiger partial charge in [-0.05, 0) is 6.42 Å². The number of rotatable bonds is 8. The molecule has 108 valence electrons. The standard InChI is InChI=1S/C15H22N4S/c1-2-3-4-5-9-12-20-15-18-17-14(19(15)16)13-10-7-6-8-11-13/h6-8,10-11H,2-5,9,12,16H2,1H3. The Hall–Kier alpha value is -1.49. The largest absolute Gasteiger partial charge is 0.335 e. The molecule has 0 fully saturated rings. The summed E-state index contributed by atoms with van der Waals surface area (Å²) in [5.74, 6) is 7.84. The molecular weight excluding hydrogens is 268 g/mol. The molecule has 0 aliphatic heterocycles. The summed E-state index contributed by atoms with van der Waals surface area (Å²) >= 11 is 1.68. The Balaban J connectivity index is 1.86. The van der Waals surface area contributed by atoms with Crippen molar-refractivity contribution in [2.45, 2.75) is 44.2 Å². The molecule has 0 bridgehead atoms. The van der Waals surface area contributed by atoms with Gasteiger partial charge >= 0.3 is 0 Å². The van der Waals surface area contributed by atoms with Gasteiger partial charge in [0.05, 0.1) is 0 Å². The highest BCUT2D eigenvalue weighted by molar-refractivity contribution is 7.99. The molecule has 1 aromatic heterocycles. The van der Waals surface area contributed by atoms with Crippen molar-refractivity contribution < 1.29 is 0 Å². The normalized spacial score (nSPS) is 10.8. The maximum absolute atomic E-state index is 6.07. The minimum Gasteiger partial charge on any atom is -0.335 e. The zero-order chi connectivity index (χ0) is 14.2. The highest BCUT2D eigenvalue weighted by atomic mass is 32.2. The van der Waals surface area contributed by atoms with Gasteiger partial charge in [0.1, 0.15) is 0 Å². The molecule has 2 N–H and O–H groups in total. The quantitative estimate of drug-likeness (QED) is 0.457. The van der Waals surface area contributed by atoms with Crippen molar-refractivity contribution in [3.05, 3.63) is 30.3 Å². The van der Waals surface area contributed by atoms with Gasteiger partial charge < -0.3 is 5.84 Å². The maximum Gasteiger partial charge on any atom is 0.210 e. The van der Waals surface area contributed by atoms with Crippen LogP contribution in [-0.2, 0) is 0 Å². The van der Waals surface area contributed by atoms with E-state index in [1.807, 2.05) is 30.3 Å². The van der Waals surface area contributed by atoms with Crippen LogP contribution in [0, 0.1) is 0 Å². The van der Waals surface area contributed by atoms with Crippen LogP contribution in [0.5, 0.6) is 0 Å². The van der Waals surface area contributed by atoms with Crippen LogP contribution < -0.4 is 5.84 Å². The topological polar surface area (TPSA) is 56.7 Å². The van der Waals surface area contributed by atoms with Crippen molar-refractivity contribution >= 4 is 11.8 Å². The predicted molar refractivity (Wildman–Crippen MR) is 85.1 cm³/mol. The van der Waals surface area contributed by atoms with Gasteiger partial charge in [-0.25, -0.2) is 4.68 Å². The Morgan fingerprint density at radius 2 is 1.80 bits per heavy atom. The molecule has 0 aliphatic rings. The number of benzene rings is 1. The number of unbranched alkanes of at least 4 members (excludes halogenated alkanes) is 4. The summed E-state index contributed by atoms with van der Waals surface area (Å²) in [4.78, 5) is 0. The number of nitrogen functional groups attached to an aromatic ring is 1. The maximum atomic E-state index is 6.07. The van der Waals surface area contributed by atoms with E-state index in [2.05, 4.69) is 17.1 Å². The van der Waals surface area contributed by atoms with Crippen molar-refractivity contribution in [1.82, 2.24) is 14.9 Å². The first kappa shape index (κ1) is 14.9. The number of thioether (sulfide) groups is 1. The van der Waals surface area contributed by atoms with Crippen LogP contribution in [0.25, 0.3) is 11.4 Å². The van der Waals surface area contributed by atoms with E-state index in [-0.39, 0.29) is 0 Å². The summed E-state index contributed by atoms with van der Waals surface area (Å²) in [5, 5.41) is 9.15. The van der Waals surface area contributed by atoms with Gasteiger partial charge in [-0.3, -0.25) is 0 Å². The molecule has 0 spiro atoms. The van der Waals surface area contributed by atoms with Crippen LogP contribution in [-0.4, -0.2) is 20.6 Å². The molecule has 0 unspecified atom stereocenters. The van der Waals surface area contributed by atoms with Gasteiger partial charge in [-0.15, -0.1) is 10.2 Å². The minimum atomic E-state index is 0.721. The van der Waals surface area contributed by atoms with Gasteiger partial charge in [0.25, 0.3) is 0 Å². The zero-order valence-corrected chi connectivity index (χ0v) is 12.8. The van der Waals surface area contributed by atoms with Crippen molar-refractivity contribution in [3.63, 3.8) is 0 Å². The second-order valence-electron chi connectivity index (χ2n) is 4.80. The summed E-state index contributed by atoms with van der Waals surface area (Å²) in [6.07, 6.45) is 6.42. The lowest BCUT2D eigenvalue weighted by Gasteiger charge is -2.03. The molecule has 1 aromatic carbocycles. The lowest BCUT2D eigenvalue weighted by Crippen LogP contribution is -2.11. The van der Waals surface area contributed by atoms with Gasteiger partial charge in [0.15, 0.2) is 5.82 Å². The summed E-state index contributed by atoms with van der Waals surface area (Å²) < 4.78 is 1.59. The van der Waals surface area contributed by atoms with Crippen molar-refractivity contribution in [2.24, 2.45) is 0 Å². The first-order chi connectivity index (χ1) is 9.83. The third-order valence-corrected chi connectivity index (χ3v) is 4.20. The van der Waals surface area contributed by atoms with E-state index in [1.54, 1.807) is 16.4 Å². The molecule has 5 heteroatoms. The molecule has 0 amide bonds. The second kappa shape index (κ2) is 7.94. The van der Waals surface area contributed by atoms with Crippen molar-refractivity contribution in [2.75, 3.05) is 11.6 Å². The predicted octanol–water partition coefficient (Wildman–Crippen LogP) is 3.72.